The second-order valence-electron chi connectivity index (χ2n) is 6.99. The molecule has 144 valence electrons. The summed E-state index contributed by atoms with van der Waals surface area (Å²) in [6.45, 7) is 1.98. The van der Waals surface area contributed by atoms with Gasteiger partial charge in [-0.1, -0.05) is 11.6 Å². The minimum absolute atomic E-state index is 0.723. The van der Waals surface area contributed by atoms with E-state index in [2.05, 4.69) is 21.1 Å². The van der Waals surface area contributed by atoms with Gasteiger partial charge < -0.3 is 4.98 Å². The third kappa shape index (κ3) is 3.50. The number of aromatic amines is 1. The molecule has 0 radical (unpaired) electrons. The molecule has 0 atom stereocenters. The molecule has 0 unspecified atom stereocenters. The van der Waals surface area contributed by atoms with Crippen LogP contribution in [0.15, 0.2) is 48.2 Å². The maximum atomic E-state index is 6.18. The van der Waals surface area contributed by atoms with E-state index in [1.165, 1.54) is 10.9 Å². The highest BCUT2D eigenvalue weighted by molar-refractivity contribution is 7.16. The summed E-state index contributed by atoms with van der Waals surface area (Å²) in [5.74, 6) is 0.723. The third-order valence-corrected chi connectivity index (χ3v) is 6.06. The molecule has 0 amide bonds. The van der Waals surface area contributed by atoms with Gasteiger partial charge in [0.1, 0.15) is 10.3 Å². The molecule has 5 aromatic rings. The van der Waals surface area contributed by atoms with Crippen LogP contribution in [0.25, 0.3) is 32.6 Å². The molecular weight excluding hydrogens is 402 g/mol. The Morgan fingerprint density at radius 1 is 1.10 bits per heavy atom. The summed E-state index contributed by atoms with van der Waals surface area (Å²) in [6, 6.07) is 9.89. The number of thiazole rings is 1. The van der Waals surface area contributed by atoms with Gasteiger partial charge in [-0.25, -0.2) is 15.0 Å². The zero-order valence-corrected chi connectivity index (χ0v) is 17.4. The normalized spacial score (nSPS) is 11.5. The number of benzene rings is 1. The van der Waals surface area contributed by atoms with Crippen LogP contribution in [0, 0.1) is 6.92 Å². The van der Waals surface area contributed by atoms with E-state index < -0.39 is 0 Å². The quantitative estimate of drug-likeness (QED) is 0.393. The van der Waals surface area contributed by atoms with Gasteiger partial charge in [0.15, 0.2) is 5.82 Å². The van der Waals surface area contributed by atoms with Gasteiger partial charge in [-0.3, -0.25) is 4.98 Å². The van der Waals surface area contributed by atoms with Gasteiger partial charge in [0.25, 0.3) is 0 Å². The van der Waals surface area contributed by atoms with E-state index >= 15 is 0 Å². The van der Waals surface area contributed by atoms with Crippen LogP contribution in [0.5, 0.6) is 0 Å². The predicted molar refractivity (Wildman–Crippen MR) is 119 cm³/mol. The number of hydrogen-bond donors (Lipinski definition) is 1. The fourth-order valence-corrected chi connectivity index (χ4v) is 4.49. The number of pyridine rings is 1. The summed E-state index contributed by atoms with van der Waals surface area (Å²) < 4.78 is 0. The van der Waals surface area contributed by atoms with Gasteiger partial charge in [-0.15, -0.1) is 11.3 Å². The number of halogens is 1. The SMILES string of the molecule is Cc1ncccc1-c1nc(CCCc2c[nH]c3ccc(Cl)cc23)c2ncsc2n1. The third-order valence-electron chi connectivity index (χ3n) is 5.11. The summed E-state index contributed by atoms with van der Waals surface area (Å²) in [4.78, 5) is 22.7. The monoisotopic (exact) mass is 419 g/mol. The lowest BCUT2D eigenvalue weighted by atomic mass is 10.1. The summed E-state index contributed by atoms with van der Waals surface area (Å²) in [7, 11) is 0. The topological polar surface area (TPSA) is 67.3 Å². The Labute approximate surface area is 176 Å². The average Bonchev–Trinajstić information content (AvgIpc) is 3.35. The number of H-pyrrole nitrogens is 1. The molecule has 0 aliphatic heterocycles. The van der Waals surface area contributed by atoms with E-state index in [1.54, 1.807) is 17.5 Å². The molecule has 5 nitrogen and oxygen atoms in total. The number of aromatic nitrogens is 5. The summed E-state index contributed by atoms with van der Waals surface area (Å²) in [5.41, 5.74) is 8.02. The van der Waals surface area contributed by atoms with Gasteiger partial charge in [0.05, 0.1) is 11.2 Å². The highest BCUT2D eigenvalue weighted by atomic mass is 35.5. The zero-order chi connectivity index (χ0) is 19.8. The fraction of sp³-hybridized carbons (Fsp3) is 0.182. The van der Waals surface area contributed by atoms with E-state index in [0.29, 0.717) is 0 Å². The van der Waals surface area contributed by atoms with Crippen LogP contribution in [0.3, 0.4) is 0 Å². The number of nitrogens with one attached hydrogen (secondary N) is 1. The molecule has 7 heteroatoms. The largest absolute Gasteiger partial charge is 0.361 e. The lowest BCUT2D eigenvalue weighted by Gasteiger charge is -2.07. The van der Waals surface area contributed by atoms with Crippen molar-refractivity contribution < 1.29 is 0 Å². The van der Waals surface area contributed by atoms with E-state index in [9.17, 15) is 0 Å². The van der Waals surface area contributed by atoms with E-state index in [0.717, 1.165) is 62.9 Å². The van der Waals surface area contributed by atoms with Crippen molar-refractivity contribution in [3.8, 4) is 11.4 Å². The Morgan fingerprint density at radius 3 is 2.93 bits per heavy atom. The average molecular weight is 420 g/mol. The first-order valence-electron chi connectivity index (χ1n) is 9.46. The van der Waals surface area contributed by atoms with Gasteiger partial charge in [-0.2, -0.15) is 0 Å². The van der Waals surface area contributed by atoms with Crippen LogP contribution >= 0.6 is 22.9 Å². The molecule has 0 spiro atoms. The van der Waals surface area contributed by atoms with Gasteiger partial charge >= 0.3 is 0 Å². The lowest BCUT2D eigenvalue weighted by molar-refractivity contribution is 0.805. The molecule has 0 aliphatic rings. The molecule has 0 aliphatic carbocycles. The predicted octanol–water partition coefficient (Wildman–Crippen LogP) is 5.77. The Hall–Kier alpha value is -2.83. The summed E-state index contributed by atoms with van der Waals surface area (Å²) in [6.07, 6.45) is 6.61. The van der Waals surface area contributed by atoms with E-state index in [4.69, 9.17) is 21.6 Å². The van der Waals surface area contributed by atoms with Crippen molar-refractivity contribution in [1.82, 2.24) is 24.9 Å². The molecule has 0 fully saturated rings. The van der Waals surface area contributed by atoms with Crippen LogP contribution in [0.4, 0.5) is 0 Å². The van der Waals surface area contributed by atoms with Crippen LogP contribution in [-0.4, -0.2) is 24.9 Å². The maximum Gasteiger partial charge on any atom is 0.163 e. The van der Waals surface area contributed by atoms with Gasteiger partial charge in [0.2, 0.25) is 0 Å². The Morgan fingerprint density at radius 2 is 2.03 bits per heavy atom. The molecule has 1 aromatic carbocycles. The number of nitrogens with zero attached hydrogens (tertiary/aromatic N) is 4. The molecule has 1 N–H and O–H groups in total. The first kappa shape index (κ1) is 18.2. The maximum absolute atomic E-state index is 6.18. The first-order valence-corrected chi connectivity index (χ1v) is 10.7. The number of aryl methyl sites for hydroxylation is 3. The summed E-state index contributed by atoms with van der Waals surface area (Å²) >= 11 is 7.72. The standard InChI is InChI=1S/C22H18ClN5S/c1-13-16(5-3-9-24-13)21-27-19(20-22(28-21)29-12-26-20)6-2-4-14-11-25-18-8-7-15(23)10-17(14)18/h3,5,7-12,25H,2,4,6H2,1H3. The van der Waals surface area contributed by atoms with Crippen molar-refractivity contribution in [3.63, 3.8) is 0 Å². The zero-order valence-electron chi connectivity index (χ0n) is 15.8. The van der Waals surface area contributed by atoms with E-state index in [1.807, 2.05) is 42.8 Å². The number of fused-ring (bicyclic) bond motifs is 2. The first-order chi connectivity index (χ1) is 14.2. The Kier molecular flexibility index (Phi) is 4.73. The van der Waals surface area contributed by atoms with Crippen molar-refractivity contribution in [1.29, 1.82) is 0 Å². The van der Waals surface area contributed by atoms with E-state index in [-0.39, 0.29) is 0 Å². The van der Waals surface area contributed by atoms with Crippen LogP contribution < -0.4 is 0 Å². The van der Waals surface area contributed by atoms with Crippen LogP contribution in [0.1, 0.15) is 23.4 Å². The highest BCUT2D eigenvalue weighted by Crippen LogP contribution is 2.27. The van der Waals surface area contributed by atoms with Crippen LogP contribution in [-0.2, 0) is 12.8 Å². The molecule has 4 heterocycles. The molecular formula is C22H18ClN5S. The van der Waals surface area contributed by atoms with Gasteiger partial charge in [-0.05, 0) is 62.1 Å². The molecule has 5 rings (SSSR count). The van der Waals surface area contributed by atoms with Crippen molar-refractivity contribution in [2.75, 3.05) is 0 Å². The number of rotatable bonds is 5. The Balaban J connectivity index is 1.43. The van der Waals surface area contributed by atoms with Crippen LogP contribution in [0.2, 0.25) is 5.02 Å². The molecule has 0 bridgehead atoms. The second-order valence-corrected chi connectivity index (χ2v) is 8.26. The number of hydrogen-bond acceptors (Lipinski definition) is 5. The second kappa shape index (κ2) is 7.54. The minimum atomic E-state index is 0.723. The smallest absolute Gasteiger partial charge is 0.163 e. The molecule has 0 saturated carbocycles. The molecule has 29 heavy (non-hydrogen) atoms. The fourth-order valence-electron chi connectivity index (χ4n) is 3.64. The van der Waals surface area contributed by atoms with Crippen molar-refractivity contribution >= 4 is 44.2 Å². The molecule has 4 aromatic heterocycles. The highest BCUT2D eigenvalue weighted by Gasteiger charge is 2.14. The Bertz CT molecular complexity index is 1320. The van der Waals surface area contributed by atoms with Crippen molar-refractivity contribution in [2.45, 2.75) is 26.2 Å². The minimum Gasteiger partial charge on any atom is -0.361 e. The van der Waals surface area contributed by atoms with Gasteiger partial charge in [0, 0.05) is 39.6 Å². The molecule has 0 saturated heterocycles. The van der Waals surface area contributed by atoms with Crippen molar-refractivity contribution in [2.24, 2.45) is 0 Å². The van der Waals surface area contributed by atoms with Crippen molar-refractivity contribution in [3.05, 3.63) is 70.2 Å². The lowest BCUT2D eigenvalue weighted by Crippen LogP contribution is -2.00. The summed E-state index contributed by atoms with van der Waals surface area (Å²) in [5, 5.41) is 1.94.